The Morgan fingerprint density at radius 1 is 1.67 bits per heavy atom. The molecule has 1 N–H and O–H groups in total. The SMILES string of the molecule is CCC(=N)C(C)C(C)=O. The molecule has 0 fully saturated rings. The molecule has 9 heavy (non-hydrogen) atoms. The van der Waals surface area contributed by atoms with E-state index in [1.165, 1.54) is 6.92 Å². The average molecular weight is 127 g/mol. The van der Waals surface area contributed by atoms with Crippen LogP contribution in [0.3, 0.4) is 0 Å². The number of carbonyl (C=O) groups is 1. The van der Waals surface area contributed by atoms with E-state index >= 15 is 0 Å². The number of rotatable bonds is 3. The molecule has 0 amide bonds. The molecule has 0 radical (unpaired) electrons. The van der Waals surface area contributed by atoms with Crippen molar-refractivity contribution < 1.29 is 4.79 Å². The smallest absolute Gasteiger partial charge is 0.138 e. The molecule has 2 heteroatoms. The van der Waals surface area contributed by atoms with Crippen LogP contribution in [0.15, 0.2) is 0 Å². The third-order valence-electron chi connectivity index (χ3n) is 1.51. The van der Waals surface area contributed by atoms with Crippen LogP contribution in [-0.2, 0) is 4.79 Å². The Bertz CT molecular complexity index is 129. The molecule has 0 aliphatic heterocycles. The van der Waals surface area contributed by atoms with Gasteiger partial charge in [0.15, 0.2) is 0 Å². The fourth-order valence-corrected chi connectivity index (χ4v) is 0.552. The lowest BCUT2D eigenvalue weighted by molar-refractivity contribution is -0.118. The summed E-state index contributed by atoms with van der Waals surface area (Å²) in [4.78, 5) is 10.6. The van der Waals surface area contributed by atoms with Gasteiger partial charge in [-0.1, -0.05) is 13.8 Å². The van der Waals surface area contributed by atoms with Gasteiger partial charge in [-0.15, -0.1) is 0 Å². The van der Waals surface area contributed by atoms with Crippen LogP contribution in [0.2, 0.25) is 0 Å². The van der Waals surface area contributed by atoms with Gasteiger partial charge in [-0.05, 0) is 13.3 Å². The lowest BCUT2D eigenvalue weighted by atomic mass is 10.0. The van der Waals surface area contributed by atoms with Gasteiger partial charge in [0.2, 0.25) is 0 Å². The molecular weight excluding hydrogens is 114 g/mol. The monoisotopic (exact) mass is 127 g/mol. The quantitative estimate of drug-likeness (QED) is 0.575. The van der Waals surface area contributed by atoms with Gasteiger partial charge in [0.1, 0.15) is 5.78 Å². The summed E-state index contributed by atoms with van der Waals surface area (Å²) in [6, 6.07) is 0. The van der Waals surface area contributed by atoms with Gasteiger partial charge in [0.05, 0.1) is 5.92 Å². The van der Waals surface area contributed by atoms with Gasteiger partial charge in [-0.3, -0.25) is 4.79 Å². The fraction of sp³-hybridized carbons (Fsp3) is 0.714. The minimum atomic E-state index is -0.171. The molecule has 0 rings (SSSR count). The highest BCUT2D eigenvalue weighted by Crippen LogP contribution is 2.00. The molecule has 52 valence electrons. The van der Waals surface area contributed by atoms with E-state index in [1.54, 1.807) is 6.92 Å². The molecule has 0 saturated carbocycles. The Hall–Kier alpha value is -0.660. The van der Waals surface area contributed by atoms with Gasteiger partial charge < -0.3 is 5.41 Å². The maximum atomic E-state index is 10.6. The van der Waals surface area contributed by atoms with Crippen molar-refractivity contribution in [2.75, 3.05) is 0 Å². The van der Waals surface area contributed by atoms with Gasteiger partial charge >= 0.3 is 0 Å². The Balaban J connectivity index is 3.88. The first kappa shape index (κ1) is 8.34. The summed E-state index contributed by atoms with van der Waals surface area (Å²) in [5.41, 5.74) is 0.530. The minimum Gasteiger partial charge on any atom is -0.309 e. The van der Waals surface area contributed by atoms with Crippen molar-refractivity contribution >= 4 is 11.5 Å². The van der Waals surface area contributed by atoms with E-state index in [0.717, 1.165) is 0 Å². The third-order valence-corrected chi connectivity index (χ3v) is 1.51. The Kier molecular flexibility index (Phi) is 3.13. The van der Waals surface area contributed by atoms with E-state index in [2.05, 4.69) is 0 Å². The molecule has 0 aromatic carbocycles. The maximum absolute atomic E-state index is 10.6. The Labute approximate surface area is 55.8 Å². The zero-order valence-corrected chi connectivity index (χ0v) is 6.19. The standard InChI is InChI=1S/C7H13NO/c1-4-7(8)5(2)6(3)9/h5,8H,4H2,1-3H3. The van der Waals surface area contributed by atoms with Crippen LogP contribution < -0.4 is 0 Å². The Morgan fingerprint density at radius 3 is 2.22 bits per heavy atom. The lowest BCUT2D eigenvalue weighted by Gasteiger charge is -2.05. The largest absolute Gasteiger partial charge is 0.309 e. The first-order valence-electron chi connectivity index (χ1n) is 3.17. The second-order valence-electron chi connectivity index (χ2n) is 2.21. The maximum Gasteiger partial charge on any atom is 0.138 e. The van der Waals surface area contributed by atoms with Crippen molar-refractivity contribution in [2.24, 2.45) is 5.92 Å². The normalized spacial score (nSPS) is 12.8. The van der Waals surface area contributed by atoms with E-state index in [4.69, 9.17) is 5.41 Å². The molecule has 1 atom stereocenters. The molecular formula is C7H13NO. The summed E-state index contributed by atoms with van der Waals surface area (Å²) in [7, 11) is 0. The average Bonchev–Trinajstić information content (AvgIpc) is 1.84. The van der Waals surface area contributed by atoms with Crippen LogP contribution in [0, 0.1) is 11.3 Å². The molecule has 0 bridgehead atoms. The highest BCUT2D eigenvalue weighted by Gasteiger charge is 2.10. The van der Waals surface area contributed by atoms with E-state index < -0.39 is 0 Å². The van der Waals surface area contributed by atoms with Gasteiger partial charge in [-0.2, -0.15) is 0 Å². The zero-order valence-electron chi connectivity index (χ0n) is 6.19. The fourth-order valence-electron chi connectivity index (χ4n) is 0.552. The molecule has 2 nitrogen and oxygen atoms in total. The topological polar surface area (TPSA) is 40.9 Å². The van der Waals surface area contributed by atoms with Crippen LogP contribution >= 0.6 is 0 Å². The van der Waals surface area contributed by atoms with Crippen molar-refractivity contribution in [2.45, 2.75) is 27.2 Å². The van der Waals surface area contributed by atoms with Crippen molar-refractivity contribution in [3.63, 3.8) is 0 Å². The highest BCUT2D eigenvalue weighted by atomic mass is 16.1. The first-order chi connectivity index (χ1) is 4.09. The van der Waals surface area contributed by atoms with Crippen molar-refractivity contribution in [1.29, 1.82) is 5.41 Å². The molecule has 0 aromatic heterocycles. The van der Waals surface area contributed by atoms with Gasteiger partial charge in [0.25, 0.3) is 0 Å². The number of ketones is 1. The third kappa shape index (κ3) is 2.40. The number of Topliss-reactive ketones (excluding diaryl/α,β-unsaturated/α-hetero) is 1. The zero-order chi connectivity index (χ0) is 7.44. The summed E-state index contributed by atoms with van der Waals surface area (Å²) < 4.78 is 0. The minimum absolute atomic E-state index is 0.0850. The Morgan fingerprint density at radius 2 is 2.11 bits per heavy atom. The van der Waals surface area contributed by atoms with Crippen LogP contribution in [0.4, 0.5) is 0 Å². The molecule has 0 aliphatic rings. The summed E-state index contributed by atoms with van der Waals surface area (Å²) in [6.45, 7) is 5.19. The summed E-state index contributed by atoms with van der Waals surface area (Å²) >= 11 is 0. The van der Waals surface area contributed by atoms with Gasteiger partial charge in [-0.25, -0.2) is 0 Å². The molecule has 0 saturated heterocycles. The summed E-state index contributed by atoms with van der Waals surface area (Å²) in [5, 5.41) is 7.25. The van der Waals surface area contributed by atoms with E-state index in [0.29, 0.717) is 12.1 Å². The molecule has 0 heterocycles. The molecule has 0 spiro atoms. The van der Waals surface area contributed by atoms with Gasteiger partial charge in [0, 0.05) is 5.71 Å². The second kappa shape index (κ2) is 3.38. The van der Waals surface area contributed by atoms with E-state index in [1.807, 2.05) is 6.92 Å². The van der Waals surface area contributed by atoms with Crippen LogP contribution in [0.1, 0.15) is 27.2 Å². The highest BCUT2D eigenvalue weighted by molar-refractivity contribution is 6.02. The number of hydrogen-bond acceptors (Lipinski definition) is 2. The second-order valence-corrected chi connectivity index (χ2v) is 2.21. The van der Waals surface area contributed by atoms with Crippen molar-refractivity contribution in [3.8, 4) is 0 Å². The lowest BCUT2D eigenvalue weighted by Crippen LogP contribution is -2.16. The van der Waals surface area contributed by atoms with Crippen molar-refractivity contribution in [3.05, 3.63) is 0 Å². The van der Waals surface area contributed by atoms with Crippen LogP contribution in [0.5, 0.6) is 0 Å². The number of hydrogen-bond donors (Lipinski definition) is 1. The van der Waals surface area contributed by atoms with E-state index in [-0.39, 0.29) is 11.7 Å². The van der Waals surface area contributed by atoms with E-state index in [9.17, 15) is 4.79 Å². The van der Waals surface area contributed by atoms with Crippen molar-refractivity contribution in [1.82, 2.24) is 0 Å². The molecule has 0 aliphatic carbocycles. The summed E-state index contributed by atoms with van der Waals surface area (Å²) in [5.74, 6) is -0.0862. The molecule has 1 unspecified atom stereocenters. The predicted octanol–water partition coefficient (Wildman–Crippen LogP) is 1.64. The van der Waals surface area contributed by atoms with Crippen LogP contribution in [-0.4, -0.2) is 11.5 Å². The summed E-state index contributed by atoms with van der Waals surface area (Å²) in [6.07, 6.45) is 0.681. The number of carbonyl (C=O) groups excluding carboxylic acids is 1. The molecule has 0 aromatic rings. The predicted molar refractivity (Wildman–Crippen MR) is 37.9 cm³/mol. The van der Waals surface area contributed by atoms with Crippen LogP contribution in [0.25, 0.3) is 0 Å². The first-order valence-corrected chi connectivity index (χ1v) is 3.17. The number of nitrogens with one attached hydrogen (secondary N) is 1.